The van der Waals surface area contributed by atoms with Gasteiger partial charge in [0.2, 0.25) is 0 Å². The van der Waals surface area contributed by atoms with Crippen LogP contribution in [0.5, 0.6) is 0 Å². The lowest BCUT2D eigenvalue weighted by Gasteiger charge is -2.19. The van der Waals surface area contributed by atoms with Gasteiger partial charge < -0.3 is 11.1 Å². The zero-order valence-electron chi connectivity index (χ0n) is 11.9. The van der Waals surface area contributed by atoms with Crippen molar-refractivity contribution in [3.05, 3.63) is 42.0 Å². The number of nitrogens with two attached hydrogens (primary N) is 1. The number of hydrogen-bond acceptors (Lipinski definition) is 2. The molecule has 2 rings (SSSR count). The fraction of sp³-hybridized carbons (Fsp3) is 0.438. The van der Waals surface area contributed by atoms with Crippen LogP contribution in [0, 0.1) is 0 Å². The molecule has 1 aliphatic rings. The highest BCUT2D eigenvalue weighted by molar-refractivity contribution is 7.99. The second kappa shape index (κ2) is 8.00. The molecule has 0 heterocycles. The van der Waals surface area contributed by atoms with Gasteiger partial charge in [-0.1, -0.05) is 18.2 Å². The Morgan fingerprint density at radius 3 is 3.10 bits per heavy atom. The van der Waals surface area contributed by atoms with Gasteiger partial charge in [0.15, 0.2) is 5.96 Å². The molecule has 1 aliphatic carbocycles. The lowest BCUT2D eigenvalue weighted by Crippen LogP contribution is -2.24. The van der Waals surface area contributed by atoms with E-state index in [0.29, 0.717) is 5.96 Å². The van der Waals surface area contributed by atoms with E-state index in [9.17, 15) is 0 Å². The predicted octanol–water partition coefficient (Wildman–Crippen LogP) is 3.21. The van der Waals surface area contributed by atoms with E-state index in [-0.39, 0.29) is 0 Å². The second-order valence-electron chi connectivity index (χ2n) is 4.91. The van der Waals surface area contributed by atoms with E-state index in [4.69, 9.17) is 5.73 Å². The third-order valence-electron chi connectivity index (χ3n) is 3.41. The number of nitrogens with zero attached hydrogens (tertiary/aromatic N) is 1. The van der Waals surface area contributed by atoms with E-state index in [0.717, 1.165) is 30.2 Å². The maximum atomic E-state index is 5.96. The Labute approximate surface area is 125 Å². The summed E-state index contributed by atoms with van der Waals surface area (Å²) in [7, 11) is 0. The maximum absolute atomic E-state index is 5.96. The van der Waals surface area contributed by atoms with Crippen LogP contribution in [0.25, 0.3) is 0 Å². The summed E-state index contributed by atoms with van der Waals surface area (Å²) in [6.07, 6.45) is 6.79. The van der Waals surface area contributed by atoms with E-state index < -0.39 is 0 Å². The molecule has 0 unspecified atom stereocenters. The highest BCUT2D eigenvalue weighted by Gasteiger charge is 2.12. The Hall–Kier alpha value is -1.42. The zero-order chi connectivity index (χ0) is 14.2. The number of nitrogens with one attached hydrogen (secondary N) is 1. The highest BCUT2D eigenvalue weighted by Crippen LogP contribution is 2.27. The number of fused-ring (bicyclic) bond motifs is 1. The molecular weight excluding hydrogens is 266 g/mol. The monoisotopic (exact) mass is 289 g/mol. The Morgan fingerprint density at radius 2 is 2.25 bits per heavy atom. The average molecular weight is 289 g/mol. The van der Waals surface area contributed by atoms with Crippen molar-refractivity contribution in [2.24, 2.45) is 10.7 Å². The van der Waals surface area contributed by atoms with E-state index in [1.165, 1.54) is 30.4 Å². The Kier molecular flexibility index (Phi) is 5.99. The first-order valence-corrected chi connectivity index (χ1v) is 8.33. The van der Waals surface area contributed by atoms with Crippen molar-refractivity contribution in [1.29, 1.82) is 0 Å². The van der Waals surface area contributed by atoms with E-state index in [2.05, 4.69) is 35.1 Å². The van der Waals surface area contributed by atoms with Gasteiger partial charge in [-0.25, -0.2) is 0 Å². The van der Waals surface area contributed by atoms with Crippen molar-refractivity contribution in [2.75, 3.05) is 23.4 Å². The predicted molar refractivity (Wildman–Crippen MR) is 90.7 cm³/mol. The van der Waals surface area contributed by atoms with Gasteiger partial charge >= 0.3 is 0 Å². The average Bonchev–Trinajstić information content (AvgIpc) is 2.47. The van der Waals surface area contributed by atoms with Gasteiger partial charge in [0.05, 0.1) is 6.54 Å². The number of benzene rings is 1. The van der Waals surface area contributed by atoms with Crippen LogP contribution in [-0.4, -0.2) is 24.0 Å². The molecule has 0 aromatic heterocycles. The van der Waals surface area contributed by atoms with E-state index in [1.807, 2.05) is 17.8 Å². The molecule has 3 N–H and O–H groups in total. The first-order chi connectivity index (χ1) is 9.81. The van der Waals surface area contributed by atoms with E-state index >= 15 is 0 Å². The van der Waals surface area contributed by atoms with Crippen LogP contribution >= 0.6 is 11.8 Å². The Balaban J connectivity index is 1.92. The third-order valence-corrected chi connectivity index (χ3v) is 4.35. The quantitative estimate of drug-likeness (QED) is 0.366. The molecule has 3 nitrogen and oxygen atoms in total. The molecular formula is C16H23N3S. The highest BCUT2D eigenvalue weighted by atomic mass is 32.2. The number of thioether (sulfide) groups is 1. The molecule has 0 spiro atoms. The summed E-state index contributed by atoms with van der Waals surface area (Å²) in [5.74, 6) is 2.46. The summed E-state index contributed by atoms with van der Waals surface area (Å²) in [6.45, 7) is 4.44. The Morgan fingerprint density at radius 1 is 1.40 bits per heavy atom. The van der Waals surface area contributed by atoms with Crippen molar-refractivity contribution < 1.29 is 0 Å². The molecule has 108 valence electrons. The molecule has 0 aliphatic heterocycles. The SMILES string of the molecule is C=CCSCCN=C(N)Nc1cccc2c1CCCC2. The summed E-state index contributed by atoms with van der Waals surface area (Å²) in [5, 5.41) is 3.26. The molecule has 1 aromatic carbocycles. The van der Waals surface area contributed by atoms with Crippen molar-refractivity contribution in [1.82, 2.24) is 0 Å². The van der Waals surface area contributed by atoms with Gasteiger partial charge in [0.25, 0.3) is 0 Å². The maximum Gasteiger partial charge on any atom is 0.193 e. The van der Waals surface area contributed by atoms with Crippen molar-refractivity contribution in [3.8, 4) is 0 Å². The van der Waals surface area contributed by atoms with Crippen molar-refractivity contribution in [2.45, 2.75) is 25.7 Å². The van der Waals surface area contributed by atoms with Gasteiger partial charge in [-0.05, 0) is 42.9 Å². The normalized spacial score (nSPS) is 14.7. The summed E-state index contributed by atoms with van der Waals surface area (Å²) in [5.41, 5.74) is 9.96. The van der Waals surface area contributed by atoms with Gasteiger partial charge in [0, 0.05) is 17.2 Å². The van der Waals surface area contributed by atoms with Crippen LogP contribution in [0.15, 0.2) is 35.8 Å². The van der Waals surface area contributed by atoms with Crippen molar-refractivity contribution >= 4 is 23.4 Å². The van der Waals surface area contributed by atoms with Crippen LogP contribution < -0.4 is 11.1 Å². The number of rotatable bonds is 6. The minimum atomic E-state index is 0.517. The molecule has 1 aromatic rings. The van der Waals surface area contributed by atoms with Gasteiger partial charge in [-0.3, -0.25) is 4.99 Å². The molecule has 0 saturated carbocycles. The smallest absolute Gasteiger partial charge is 0.193 e. The largest absolute Gasteiger partial charge is 0.370 e. The first-order valence-electron chi connectivity index (χ1n) is 7.17. The van der Waals surface area contributed by atoms with Crippen LogP contribution in [-0.2, 0) is 12.8 Å². The fourth-order valence-electron chi connectivity index (χ4n) is 2.47. The summed E-state index contributed by atoms with van der Waals surface area (Å²) in [4.78, 5) is 4.37. The molecule has 20 heavy (non-hydrogen) atoms. The number of anilines is 1. The van der Waals surface area contributed by atoms with Crippen molar-refractivity contribution in [3.63, 3.8) is 0 Å². The molecule has 4 heteroatoms. The topological polar surface area (TPSA) is 50.4 Å². The summed E-state index contributed by atoms with van der Waals surface area (Å²) < 4.78 is 0. The molecule has 0 radical (unpaired) electrons. The standard InChI is InChI=1S/C16H23N3S/c1-2-11-20-12-10-18-16(17)19-15-9-5-7-13-6-3-4-8-14(13)15/h2,5,7,9H,1,3-4,6,8,10-12H2,(H3,17,18,19). The minimum absolute atomic E-state index is 0.517. The fourth-order valence-corrected chi connectivity index (χ4v) is 3.03. The molecule has 0 atom stereocenters. The number of aryl methyl sites for hydroxylation is 1. The van der Waals surface area contributed by atoms with E-state index in [1.54, 1.807) is 0 Å². The van der Waals surface area contributed by atoms with Crippen LogP contribution in [0.3, 0.4) is 0 Å². The van der Waals surface area contributed by atoms with Crippen LogP contribution in [0.4, 0.5) is 5.69 Å². The number of guanidine groups is 1. The first kappa shape index (κ1) is 15.0. The minimum Gasteiger partial charge on any atom is -0.370 e. The summed E-state index contributed by atoms with van der Waals surface area (Å²) >= 11 is 1.82. The van der Waals surface area contributed by atoms with Gasteiger partial charge in [-0.2, -0.15) is 11.8 Å². The third kappa shape index (κ3) is 4.30. The van der Waals surface area contributed by atoms with Gasteiger partial charge in [0.1, 0.15) is 0 Å². The lowest BCUT2D eigenvalue weighted by molar-refractivity contribution is 0.687. The van der Waals surface area contributed by atoms with Gasteiger partial charge in [-0.15, -0.1) is 6.58 Å². The lowest BCUT2D eigenvalue weighted by atomic mass is 9.90. The number of hydrogen-bond donors (Lipinski definition) is 2. The molecule has 0 fully saturated rings. The summed E-state index contributed by atoms with van der Waals surface area (Å²) in [6, 6.07) is 6.41. The number of aliphatic imine (C=N–C) groups is 1. The molecule has 0 bridgehead atoms. The zero-order valence-corrected chi connectivity index (χ0v) is 12.7. The second-order valence-corrected chi connectivity index (χ2v) is 6.06. The van der Waals surface area contributed by atoms with Crippen LogP contribution in [0.2, 0.25) is 0 Å². The van der Waals surface area contributed by atoms with Crippen LogP contribution in [0.1, 0.15) is 24.0 Å². The molecule has 0 amide bonds. The molecule has 0 saturated heterocycles. The Bertz CT molecular complexity index is 483.